The summed E-state index contributed by atoms with van der Waals surface area (Å²) in [6.45, 7) is 4.37. The van der Waals surface area contributed by atoms with E-state index in [1.807, 2.05) is 43.3 Å². The van der Waals surface area contributed by atoms with Gasteiger partial charge < -0.3 is 10.2 Å². The molecule has 4 N–H and O–H groups in total. The summed E-state index contributed by atoms with van der Waals surface area (Å²) in [4.78, 5) is 14.8. The number of hydrogen-bond acceptors (Lipinski definition) is 5. The molecule has 0 spiro atoms. The number of rotatable bonds is 9. The van der Waals surface area contributed by atoms with Crippen molar-refractivity contribution in [2.75, 3.05) is 26.7 Å². The molecule has 0 bridgehead atoms. The van der Waals surface area contributed by atoms with E-state index in [1.54, 1.807) is 24.0 Å². The number of nitrogens with one attached hydrogen (secondary N) is 4. The largest absolute Gasteiger partial charge is 0.330 e. The van der Waals surface area contributed by atoms with Crippen molar-refractivity contribution in [2.45, 2.75) is 43.7 Å². The molecule has 1 aliphatic heterocycles. The second-order valence-corrected chi connectivity index (χ2v) is 12.0. The molecule has 192 valence electrons. The zero-order valence-electron chi connectivity index (χ0n) is 20.1. The smallest absolute Gasteiger partial charge is 0.317 e. The molecule has 1 saturated heterocycles. The van der Waals surface area contributed by atoms with E-state index in [4.69, 9.17) is 0 Å². The number of sulfonamides is 1. The molecule has 1 fully saturated rings. The topological polar surface area (TPSA) is 137 Å². The third kappa shape index (κ3) is 7.48. The zero-order chi connectivity index (χ0) is 25.6. The van der Waals surface area contributed by atoms with Crippen LogP contribution < -0.4 is 19.5 Å². The Balaban J connectivity index is 1.67. The van der Waals surface area contributed by atoms with Crippen molar-refractivity contribution in [3.05, 3.63) is 65.2 Å². The van der Waals surface area contributed by atoms with E-state index in [9.17, 15) is 21.6 Å². The van der Waals surface area contributed by atoms with Gasteiger partial charge in [0.15, 0.2) is 0 Å². The fourth-order valence-corrected chi connectivity index (χ4v) is 6.09. The molecule has 3 rings (SSSR count). The first-order valence-corrected chi connectivity index (χ1v) is 14.4. The Morgan fingerprint density at radius 1 is 1.03 bits per heavy atom. The molecule has 1 aliphatic rings. The van der Waals surface area contributed by atoms with Crippen LogP contribution >= 0.6 is 0 Å². The molecule has 0 aromatic heterocycles. The van der Waals surface area contributed by atoms with Crippen molar-refractivity contribution < 1.29 is 21.6 Å². The van der Waals surface area contributed by atoms with Crippen molar-refractivity contribution in [1.82, 2.24) is 24.4 Å². The number of aryl methyl sites for hydroxylation is 2. The lowest BCUT2D eigenvalue weighted by Crippen LogP contribution is -2.52. The van der Waals surface area contributed by atoms with Crippen LogP contribution in [0.5, 0.6) is 0 Å². The lowest BCUT2D eigenvalue weighted by Gasteiger charge is -2.33. The van der Waals surface area contributed by atoms with Crippen molar-refractivity contribution in [3.8, 4) is 0 Å². The minimum Gasteiger partial charge on any atom is -0.330 e. The molecule has 2 aromatic carbocycles. The second kappa shape index (κ2) is 11.5. The quantitative estimate of drug-likeness (QED) is 0.395. The van der Waals surface area contributed by atoms with E-state index in [-0.39, 0.29) is 23.5 Å². The van der Waals surface area contributed by atoms with Gasteiger partial charge in [-0.1, -0.05) is 48.0 Å². The molecule has 1 unspecified atom stereocenters. The Morgan fingerprint density at radius 2 is 1.69 bits per heavy atom. The molecule has 1 atom stereocenters. The van der Waals surface area contributed by atoms with Crippen LogP contribution in [-0.4, -0.2) is 60.5 Å². The van der Waals surface area contributed by atoms with Crippen LogP contribution in [0.2, 0.25) is 0 Å². The van der Waals surface area contributed by atoms with Crippen LogP contribution in [0.4, 0.5) is 4.79 Å². The third-order valence-electron chi connectivity index (χ3n) is 5.97. The summed E-state index contributed by atoms with van der Waals surface area (Å²) in [5, 5.41) is 2.93. The molecular weight excluding hydrogens is 490 g/mol. The van der Waals surface area contributed by atoms with Crippen LogP contribution in [-0.2, 0) is 20.2 Å². The highest BCUT2D eigenvalue weighted by Crippen LogP contribution is 2.19. The number of amides is 2. The Hall–Kier alpha value is -2.51. The van der Waals surface area contributed by atoms with E-state index in [2.05, 4.69) is 19.5 Å². The summed E-state index contributed by atoms with van der Waals surface area (Å²) in [6, 6.07) is 13.1. The number of likely N-dealkylation sites (tertiary alicyclic amines) is 1. The minimum atomic E-state index is -3.78. The normalized spacial score (nSPS) is 16.1. The van der Waals surface area contributed by atoms with Gasteiger partial charge in [-0.05, 0) is 43.9 Å². The van der Waals surface area contributed by atoms with Gasteiger partial charge in [-0.3, -0.25) is 0 Å². The van der Waals surface area contributed by atoms with E-state index in [1.165, 1.54) is 7.05 Å². The number of piperidine rings is 1. The maximum absolute atomic E-state index is 13.0. The first-order valence-electron chi connectivity index (χ1n) is 11.4. The van der Waals surface area contributed by atoms with Gasteiger partial charge >= 0.3 is 6.03 Å². The minimum absolute atomic E-state index is 0.0240. The molecule has 12 heteroatoms. The van der Waals surface area contributed by atoms with Crippen LogP contribution in [0.1, 0.15) is 35.6 Å². The second-order valence-electron chi connectivity index (χ2n) is 8.62. The van der Waals surface area contributed by atoms with E-state index < -0.39 is 26.3 Å². The Labute approximate surface area is 207 Å². The molecule has 0 aliphatic carbocycles. The average molecular weight is 524 g/mol. The van der Waals surface area contributed by atoms with Gasteiger partial charge in [0.05, 0.1) is 10.9 Å². The Kier molecular flexibility index (Phi) is 8.89. The maximum Gasteiger partial charge on any atom is 0.317 e. The van der Waals surface area contributed by atoms with Crippen molar-refractivity contribution >= 4 is 26.3 Å². The average Bonchev–Trinajstić information content (AvgIpc) is 2.82. The number of benzene rings is 2. The fourth-order valence-electron chi connectivity index (χ4n) is 4.03. The van der Waals surface area contributed by atoms with E-state index >= 15 is 0 Å². The third-order valence-corrected chi connectivity index (χ3v) is 8.73. The van der Waals surface area contributed by atoms with Crippen molar-refractivity contribution in [3.63, 3.8) is 0 Å². The maximum atomic E-state index is 13.0. The summed E-state index contributed by atoms with van der Waals surface area (Å²) in [5.41, 5.74) is 2.38. The van der Waals surface area contributed by atoms with E-state index in [0.717, 1.165) is 11.1 Å². The molecule has 2 amide bonds. The zero-order valence-corrected chi connectivity index (χ0v) is 21.7. The highest BCUT2D eigenvalue weighted by molar-refractivity contribution is 7.89. The predicted octanol–water partition coefficient (Wildman–Crippen LogP) is 1.55. The van der Waals surface area contributed by atoms with Gasteiger partial charge in [-0.15, -0.1) is 0 Å². The van der Waals surface area contributed by atoms with Gasteiger partial charge in [0.1, 0.15) is 0 Å². The lowest BCUT2D eigenvalue weighted by atomic mass is 10.1. The molecule has 0 radical (unpaired) electrons. The summed E-state index contributed by atoms with van der Waals surface area (Å²) in [7, 11) is -5.99. The number of carbonyl (C=O) groups excluding carboxylic acids is 1. The Bertz CT molecular complexity index is 1230. The van der Waals surface area contributed by atoms with Gasteiger partial charge in [-0.25, -0.2) is 22.7 Å². The first-order chi connectivity index (χ1) is 16.5. The molecule has 0 saturated carbocycles. The molecular formula is C23H33N5O5S2. The van der Waals surface area contributed by atoms with Crippen LogP contribution in [0, 0.1) is 13.8 Å². The fraction of sp³-hybridized carbons (Fsp3) is 0.435. The highest BCUT2D eigenvalue weighted by atomic mass is 32.2. The monoisotopic (exact) mass is 523 g/mol. The lowest BCUT2D eigenvalue weighted by molar-refractivity contribution is 0.176. The summed E-state index contributed by atoms with van der Waals surface area (Å²) in [6.07, 6.45) is 0.952. The predicted molar refractivity (Wildman–Crippen MR) is 135 cm³/mol. The number of hydrogen-bond donors (Lipinski definition) is 4. The number of urea groups is 1. The SMILES string of the molecule is CNS(=O)(=O)NC1CCN(C(=O)NC(CNS(=O)(=O)c2ccc(C)cc2C)c2ccccc2)CC1. The van der Waals surface area contributed by atoms with Crippen LogP contribution in [0.15, 0.2) is 53.4 Å². The van der Waals surface area contributed by atoms with Gasteiger partial charge in [0, 0.05) is 32.7 Å². The molecule has 1 heterocycles. The number of nitrogens with zero attached hydrogens (tertiary/aromatic N) is 1. The molecule has 2 aromatic rings. The van der Waals surface area contributed by atoms with Crippen LogP contribution in [0.3, 0.4) is 0 Å². The van der Waals surface area contributed by atoms with Gasteiger partial charge in [0.25, 0.3) is 10.2 Å². The highest BCUT2D eigenvalue weighted by Gasteiger charge is 2.27. The summed E-state index contributed by atoms with van der Waals surface area (Å²) < 4.78 is 56.8. The Morgan fingerprint density at radius 3 is 2.29 bits per heavy atom. The summed E-state index contributed by atoms with van der Waals surface area (Å²) >= 11 is 0. The van der Waals surface area contributed by atoms with Gasteiger partial charge in [-0.2, -0.15) is 13.1 Å². The molecule has 10 nitrogen and oxygen atoms in total. The standard InChI is InChI=1S/C23H33N5O5S2/c1-17-9-10-22(18(2)15-17)34(30,31)25-16-21(19-7-5-4-6-8-19)26-23(29)28-13-11-20(12-14-28)27-35(32,33)24-3/h4-10,15,20-21,24-25,27H,11-14,16H2,1-3H3,(H,26,29). The number of carbonyl (C=O) groups is 1. The van der Waals surface area contributed by atoms with E-state index in [0.29, 0.717) is 31.5 Å². The van der Waals surface area contributed by atoms with Gasteiger partial charge in [0.2, 0.25) is 10.0 Å². The first kappa shape index (κ1) is 27.1. The van der Waals surface area contributed by atoms with Crippen LogP contribution in [0.25, 0.3) is 0 Å². The van der Waals surface area contributed by atoms with Crippen molar-refractivity contribution in [1.29, 1.82) is 0 Å². The summed E-state index contributed by atoms with van der Waals surface area (Å²) in [5.74, 6) is 0. The van der Waals surface area contributed by atoms with Crippen molar-refractivity contribution in [2.24, 2.45) is 0 Å². The molecule has 35 heavy (non-hydrogen) atoms.